The Hall–Kier alpha value is -1.30. The van der Waals surface area contributed by atoms with Crippen molar-refractivity contribution in [1.82, 2.24) is 15.3 Å². The molecule has 2 heterocycles. The molecule has 1 aliphatic rings. The van der Waals surface area contributed by atoms with Crippen LogP contribution in [0.5, 0.6) is 0 Å². The van der Waals surface area contributed by atoms with Gasteiger partial charge >= 0.3 is 0 Å². The minimum atomic E-state index is -0.116. The van der Waals surface area contributed by atoms with Crippen molar-refractivity contribution >= 4 is 11.3 Å². The number of aliphatic hydroxyl groups is 1. The van der Waals surface area contributed by atoms with Gasteiger partial charge < -0.3 is 10.4 Å². The molecule has 106 valence electrons. The number of nitrogens with one attached hydrogen (secondary N) is 1. The van der Waals surface area contributed by atoms with E-state index in [2.05, 4.69) is 15.3 Å². The Balaban J connectivity index is 1.53. The topological polar surface area (TPSA) is 58.0 Å². The van der Waals surface area contributed by atoms with Crippen LogP contribution in [0.1, 0.15) is 24.1 Å². The molecule has 0 aromatic carbocycles. The van der Waals surface area contributed by atoms with Gasteiger partial charge in [-0.3, -0.25) is 4.98 Å². The molecular weight excluding hydrogens is 270 g/mol. The molecule has 0 bridgehead atoms. The normalized spacial score (nSPS) is 22.2. The maximum atomic E-state index is 9.78. The summed E-state index contributed by atoms with van der Waals surface area (Å²) < 4.78 is 0. The molecule has 2 N–H and O–H groups in total. The molecule has 0 unspecified atom stereocenters. The Labute approximate surface area is 122 Å². The van der Waals surface area contributed by atoms with Crippen LogP contribution in [0.3, 0.4) is 0 Å². The second kappa shape index (κ2) is 6.43. The maximum absolute atomic E-state index is 9.78. The smallest absolute Gasteiger partial charge is 0.125 e. The largest absolute Gasteiger partial charge is 0.393 e. The van der Waals surface area contributed by atoms with Crippen molar-refractivity contribution in [2.45, 2.75) is 31.9 Å². The van der Waals surface area contributed by atoms with Crippen LogP contribution in [0, 0.1) is 5.92 Å². The van der Waals surface area contributed by atoms with Gasteiger partial charge in [-0.1, -0.05) is 6.42 Å². The average Bonchev–Trinajstić information content (AvgIpc) is 3.10. The minimum Gasteiger partial charge on any atom is -0.393 e. The van der Waals surface area contributed by atoms with Gasteiger partial charge in [0, 0.05) is 42.1 Å². The third-order valence-electron chi connectivity index (χ3n) is 3.79. The lowest BCUT2D eigenvalue weighted by Gasteiger charge is -2.14. The first kappa shape index (κ1) is 13.7. The van der Waals surface area contributed by atoms with Gasteiger partial charge in [0.05, 0.1) is 6.10 Å². The Bertz CT molecular complexity index is 543. The van der Waals surface area contributed by atoms with E-state index < -0.39 is 0 Å². The number of rotatable bonds is 5. The molecule has 0 spiro atoms. The van der Waals surface area contributed by atoms with E-state index in [0.717, 1.165) is 42.9 Å². The maximum Gasteiger partial charge on any atom is 0.125 e. The lowest BCUT2D eigenvalue weighted by Crippen LogP contribution is -2.27. The van der Waals surface area contributed by atoms with Gasteiger partial charge in [-0.05, 0) is 30.9 Å². The van der Waals surface area contributed by atoms with Gasteiger partial charge in [0.25, 0.3) is 0 Å². The molecular formula is C15H19N3OS. The van der Waals surface area contributed by atoms with Crippen LogP contribution in [0.2, 0.25) is 0 Å². The number of hydrogen-bond donors (Lipinski definition) is 2. The van der Waals surface area contributed by atoms with Crippen molar-refractivity contribution < 1.29 is 5.11 Å². The molecule has 0 radical (unpaired) electrons. The molecule has 4 nitrogen and oxygen atoms in total. The fourth-order valence-electron chi connectivity index (χ4n) is 2.65. The van der Waals surface area contributed by atoms with Crippen LogP contribution in [0.25, 0.3) is 10.6 Å². The Kier molecular flexibility index (Phi) is 4.40. The summed E-state index contributed by atoms with van der Waals surface area (Å²) in [5.74, 6) is 0.417. The van der Waals surface area contributed by atoms with E-state index in [0.29, 0.717) is 5.92 Å². The minimum absolute atomic E-state index is 0.116. The van der Waals surface area contributed by atoms with Crippen molar-refractivity contribution in [1.29, 1.82) is 0 Å². The second-order valence-electron chi connectivity index (χ2n) is 5.26. The SMILES string of the molecule is O[C@H]1CCC[C@@H]1CNCc1cnc(-c2cccnc2)s1. The summed E-state index contributed by atoms with van der Waals surface area (Å²) in [5.41, 5.74) is 1.06. The standard InChI is InChI=1S/C15H19N3OS/c19-14-5-1-3-11(14)7-17-9-13-10-18-15(20-13)12-4-2-6-16-8-12/h2,4,6,8,10-11,14,17,19H,1,3,5,7,9H2/t11-,14+/m1/s1. The monoisotopic (exact) mass is 289 g/mol. The van der Waals surface area contributed by atoms with Crippen LogP contribution in [-0.4, -0.2) is 27.7 Å². The van der Waals surface area contributed by atoms with Crippen molar-refractivity contribution in [3.63, 3.8) is 0 Å². The summed E-state index contributed by atoms with van der Waals surface area (Å²) >= 11 is 1.69. The number of thiazole rings is 1. The molecule has 2 aromatic rings. The van der Waals surface area contributed by atoms with Gasteiger partial charge in [0.15, 0.2) is 0 Å². The van der Waals surface area contributed by atoms with E-state index >= 15 is 0 Å². The molecule has 0 amide bonds. The van der Waals surface area contributed by atoms with E-state index in [-0.39, 0.29) is 6.10 Å². The molecule has 0 saturated heterocycles. The predicted molar refractivity (Wildman–Crippen MR) is 80.4 cm³/mol. The fourth-order valence-corrected chi connectivity index (χ4v) is 3.52. The number of aliphatic hydroxyl groups excluding tert-OH is 1. The van der Waals surface area contributed by atoms with Crippen LogP contribution in [0.15, 0.2) is 30.7 Å². The molecule has 2 aromatic heterocycles. The molecule has 1 saturated carbocycles. The molecule has 20 heavy (non-hydrogen) atoms. The van der Waals surface area contributed by atoms with E-state index in [9.17, 15) is 5.11 Å². The highest BCUT2D eigenvalue weighted by Gasteiger charge is 2.24. The first-order valence-corrected chi connectivity index (χ1v) is 7.88. The Morgan fingerprint density at radius 3 is 3.05 bits per heavy atom. The average molecular weight is 289 g/mol. The zero-order valence-corrected chi connectivity index (χ0v) is 12.1. The van der Waals surface area contributed by atoms with Crippen molar-refractivity contribution in [3.05, 3.63) is 35.6 Å². The fraction of sp³-hybridized carbons (Fsp3) is 0.467. The quantitative estimate of drug-likeness (QED) is 0.887. The highest BCUT2D eigenvalue weighted by Crippen LogP contribution is 2.26. The van der Waals surface area contributed by atoms with Gasteiger partial charge in [0.2, 0.25) is 0 Å². The van der Waals surface area contributed by atoms with E-state index in [1.165, 1.54) is 4.88 Å². The van der Waals surface area contributed by atoms with E-state index in [4.69, 9.17) is 0 Å². The van der Waals surface area contributed by atoms with Crippen molar-refractivity contribution in [3.8, 4) is 10.6 Å². The number of aromatic nitrogens is 2. The summed E-state index contributed by atoms with van der Waals surface area (Å²) in [6, 6.07) is 3.95. The van der Waals surface area contributed by atoms with E-state index in [1.54, 1.807) is 17.5 Å². The lowest BCUT2D eigenvalue weighted by molar-refractivity contribution is 0.131. The zero-order valence-electron chi connectivity index (χ0n) is 11.3. The number of nitrogens with zero attached hydrogens (tertiary/aromatic N) is 2. The summed E-state index contributed by atoms with van der Waals surface area (Å²) in [6.45, 7) is 1.71. The van der Waals surface area contributed by atoms with Crippen LogP contribution in [-0.2, 0) is 6.54 Å². The van der Waals surface area contributed by atoms with Gasteiger partial charge in [-0.15, -0.1) is 11.3 Å². The summed E-state index contributed by atoms with van der Waals surface area (Å²) in [4.78, 5) is 9.78. The molecule has 5 heteroatoms. The summed E-state index contributed by atoms with van der Waals surface area (Å²) in [7, 11) is 0. The molecule has 1 fully saturated rings. The Morgan fingerprint density at radius 1 is 1.35 bits per heavy atom. The second-order valence-corrected chi connectivity index (χ2v) is 6.38. The zero-order chi connectivity index (χ0) is 13.8. The van der Waals surface area contributed by atoms with E-state index in [1.807, 2.05) is 24.5 Å². The molecule has 0 aliphatic heterocycles. The molecule has 1 aliphatic carbocycles. The highest BCUT2D eigenvalue weighted by atomic mass is 32.1. The third-order valence-corrected chi connectivity index (χ3v) is 4.83. The molecule has 3 rings (SSSR count). The van der Waals surface area contributed by atoms with Crippen molar-refractivity contribution in [2.75, 3.05) is 6.54 Å². The summed E-state index contributed by atoms with van der Waals surface area (Å²) in [5, 5.41) is 14.2. The van der Waals surface area contributed by atoms with Crippen LogP contribution >= 0.6 is 11.3 Å². The molecule has 2 atom stereocenters. The first-order valence-electron chi connectivity index (χ1n) is 7.07. The Morgan fingerprint density at radius 2 is 2.30 bits per heavy atom. The van der Waals surface area contributed by atoms with Gasteiger partial charge in [0.1, 0.15) is 5.01 Å². The first-order chi connectivity index (χ1) is 9.83. The van der Waals surface area contributed by atoms with Crippen LogP contribution in [0.4, 0.5) is 0 Å². The summed E-state index contributed by atoms with van der Waals surface area (Å²) in [6.07, 6.45) is 8.66. The predicted octanol–water partition coefficient (Wildman–Crippen LogP) is 2.46. The van der Waals surface area contributed by atoms with Crippen molar-refractivity contribution in [2.24, 2.45) is 5.92 Å². The van der Waals surface area contributed by atoms with Gasteiger partial charge in [-0.25, -0.2) is 4.98 Å². The van der Waals surface area contributed by atoms with Gasteiger partial charge in [-0.2, -0.15) is 0 Å². The highest BCUT2D eigenvalue weighted by molar-refractivity contribution is 7.15. The number of hydrogen-bond acceptors (Lipinski definition) is 5. The number of pyridine rings is 1. The van der Waals surface area contributed by atoms with Crippen LogP contribution < -0.4 is 5.32 Å². The third kappa shape index (κ3) is 3.23. The lowest BCUT2D eigenvalue weighted by atomic mass is 10.1.